The van der Waals surface area contributed by atoms with Gasteiger partial charge in [0.05, 0.1) is 11.7 Å². The number of nitrogens with zero attached hydrogens (tertiary/aromatic N) is 1. The van der Waals surface area contributed by atoms with E-state index in [2.05, 4.69) is 10.3 Å². The van der Waals surface area contributed by atoms with Crippen LogP contribution in [0.2, 0.25) is 0 Å². The summed E-state index contributed by atoms with van der Waals surface area (Å²) in [4.78, 5) is 15.4. The largest absolute Gasteiger partial charge is 0.417 e. The number of pyridine rings is 1. The smallest absolute Gasteiger partial charge is 0.393 e. The predicted octanol–water partition coefficient (Wildman–Crippen LogP) is 2.38. The molecule has 0 aromatic carbocycles. The van der Waals surface area contributed by atoms with Gasteiger partial charge in [-0.2, -0.15) is 13.2 Å². The summed E-state index contributed by atoms with van der Waals surface area (Å²) in [7, 11) is 0. The fourth-order valence-electron chi connectivity index (χ4n) is 2.37. The number of carbonyl (C=O) groups excluding carboxylic acids is 1. The molecule has 1 amide bonds. The first-order valence-electron chi connectivity index (χ1n) is 6.86. The number of hydrogen-bond donors (Lipinski definition) is 2. The normalized spacial score (nSPS) is 22.9. The minimum atomic E-state index is -4.45. The maximum Gasteiger partial charge on any atom is 0.417 e. The van der Waals surface area contributed by atoms with Crippen LogP contribution in [0.3, 0.4) is 0 Å². The number of alkyl halides is 3. The number of hydrogen-bond acceptors (Lipinski definition) is 3. The molecule has 1 aromatic heterocycles. The zero-order valence-electron chi connectivity index (χ0n) is 11.4. The Morgan fingerprint density at radius 2 is 1.95 bits per heavy atom. The van der Waals surface area contributed by atoms with Crippen LogP contribution in [-0.4, -0.2) is 28.6 Å². The summed E-state index contributed by atoms with van der Waals surface area (Å²) in [6.07, 6.45) is -0.938. The molecule has 0 bridgehead atoms. The monoisotopic (exact) mass is 302 g/mol. The van der Waals surface area contributed by atoms with E-state index in [4.69, 9.17) is 0 Å². The number of nitrogens with one attached hydrogen (secondary N) is 1. The van der Waals surface area contributed by atoms with Gasteiger partial charge < -0.3 is 10.4 Å². The van der Waals surface area contributed by atoms with Crippen LogP contribution in [0.5, 0.6) is 0 Å². The third kappa shape index (κ3) is 4.42. The molecule has 7 heteroatoms. The van der Waals surface area contributed by atoms with Crippen molar-refractivity contribution in [3.8, 4) is 0 Å². The summed E-state index contributed by atoms with van der Waals surface area (Å²) in [6, 6.07) is 1.92. The lowest BCUT2D eigenvalue weighted by Gasteiger charge is -2.25. The van der Waals surface area contributed by atoms with Gasteiger partial charge in [0.15, 0.2) is 0 Å². The van der Waals surface area contributed by atoms with Gasteiger partial charge in [-0.1, -0.05) is 0 Å². The molecule has 1 fully saturated rings. The number of carbonyl (C=O) groups is 1. The Bertz CT molecular complexity index is 480. The third-order valence-corrected chi connectivity index (χ3v) is 3.69. The van der Waals surface area contributed by atoms with Gasteiger partial charge in [-0.3, -0.25) is 9.78 Å². The SMILES string of the molecule is O=C(NCC1CCC(O)CC1)c1ccc(C(F)(F)F)cn1. The van der Waals surface area contributed by atoms with Crippen molar-refractivity contribution in [3.63, 3.8) is 0 Å². The van der Waals surface area contributed by atoms with Crippen LogP contribution >= 0.6 is 0 Å². The molecule has 1 saturated carbocycles. The molecule has 0 aliphatic heterocycles. The van der Waals surface area contributed by atoms with Crippen LogP contribution in [0.4, 0.5) is 13.2 Å². The van der Waals surface area contributed by atoms with Crippen molar-refractivity contribution in [2.75, 3.05) is 6.54 Å². The lowest BCUT2D eigenvalue weighted by Crippen LogP contribution is -2.32. The van der Waals surface area contributed by atoms with Crippen LogP contribution in [0.25, 0.3) is 0 Å². The standard InChI is InChI=1S/C14H17F3N2O2/c15-14(16,17)10-3-6-12(18-8-10)13(21)19-7-9-1-4-11(20)5-2-9/h3,6,8-9,11,20H,1-2,4-5,7H2,(H,19,21). The number of halogens is 3. The molecule has 0 radical (unpaired) electrons. The average Bonchev–Trinajstić information content (AvgIpc) is 2.45. The molecular formula is C14H17F3N2O2. The third-order valence-electron chi connectivity index (χ3n) is 3.69. The highest BCUT2D eigenvalue weighted by atomic mass is 19.4. The predicted molar refractivity (Wildman–Crippen MR) is 69.5 cm³/mol. The molecule has 21 heavy (non-hydrogen) atoms. The number of rotatable bonds is 3. The van der Waals surface area contributed by atoms with Gasteiger partial charge in [0.2, 0.25) is 0 Å². The molecule has 2 rings (SSSR count). The topological polar surface area (TPSA) is 62.2 Å². The van der Waals surface area contributed by atoms with Crippen LogP contribution in [0.15, 0.2) is 18.3 Å². The second kappa shape index (κ2) is 6.43. The Labute approximate surface area is 120 Å². The Morgan fingerprint density at radius 1 is 1.29 bits per heavy atom. The highest BCUT2D eigenvalue weighted by molar-refractivity contribution is 5.92. The first kappa shape index (κ1) is 15.8. The summed E-state index contributed by atoms with van der Waals surface area (Å²) in [5.74, 6) is -0.179. The summed E-state index contributed by atoms with van der Waals surface area (Å²) in [5.41, 5.74) is -0.904. The fourth-order valence-corrected chi connectivity index (χ4v) is 2.37. The maximum absolute atomic E-state index is 12.4. The van der Waals surface area contributed by atoms with E-state index in [1.165, 1.54) is 0 Å². The lowest BCUT2D eigenvalue weighted by atomic mass is 9.87. The van der Waals surface area contributed by atoms with Crippen molar-refractivity contribution in [3.05, 3.63) is 29.6 Å². The Kier molecular flexibility index (Phi) is 4.82. The minimum Gasteiger partial charge on any atom is -0.393 e. The van der Waals surface area contributed by atoms with E-state index in [1.807, 2.05) is 0 Å². The van der Waals surface area contributed by atoms with E-state index >= 15 is 0 Å². The number of aromatic nitrogens is 1. The van der Waals surface area contributed by atoms with Crippen molar-refractivity contribution >= 4 is 5.91 Å². The molecule has 0 saturated heterocycles. The van der Waals surface area contributed by atoms with Crippen molar-refractivity contribution in [2.45, 2.75) is 38.0 Å². The van der Waals surface area contributed by atoms with E-state index in [1.54, 1.807) is 0 Å². The summed E-state index contributed by atoms with van der Waals surface area (Å²) >= 11 is 0. The summed E-state index contributed by atoms with van der Waals surface area (Å²) < 4.78 is 37.1. The Balaban J connectivity index is 1.86. The molecule has 1 aliphatic rings. The Hall–Kier alpha value is -1.63. The molecule has 4 nitrogen and oxygen atoms in total. The molecule has 2 N–H and O–H groups in total. The fraction of sp³-hybridized carbons (Fsp3) is 0.571. The first-order valence-corrected chi connectivity index (χ1v) is 6.86. The molecule has 0 spiro atoms. The van der Waals surface area contributed by atoms with Gasteiger partial charge in [0.25, 0.3) is 5.91 Å². The van der Waals surface area contributed by atoms with Crippen molar-refractivity contribution in [1.82, 2.24) is 10.3 Å². The first-order chi connectivity index (χ1) is 9.86. The van der Waals surface area contributed by atoms with Gasteiger partial charge in [-0.25, -0.2) is 0 Å². The average molecular weight is 302 g/mol. The molecule has 116 valence electrons. The van der Waals surface area contributed by atoms with Gasteiger partial charge in [0.1, 0.15) is 5.69 Å². The van der Waals surface area contributed by atoms with Gasteiger partial charge in [-0.05, 0) is 43.7 Å². The van der Waals surface area contributed by atoms with E-state index in [9.17, 15) is 23.1 Å². The molecule has 0 unspecified atom stereocenters. The van der Waals surface area contributed by atoms with Crippen molar-refractivity contribution < 1.29 is 23.1 Å². The van der Waals surface area contributed by atoms with E-state index < -0.39 is 17.6 Å². The van der Waals surface area contributed by atoms with Gasteiger partial charge in [-0.15, -0.1) is 0 Å². The van der Waals surface area contributed by atoms with Crippen LogP contribution in [0.1, 0.15) is 41.7 Å². The number of aliphatic hydroxyl groups is 1. The second-order valence-electron chi connectivity index (χ2n) is 5.31. The molecular weight excluding hydrogens is 285 g/mol. The van der Waals surface area contributed by atoms with Crippen LogP contribution in [-0.2, 0) is 6.18 Å². The maximum atomic E-state index is 12.4. The van der Waals surface area contributed by atoms with E-state index in [0.29, 0.717) is 18.7 Å². The molecule has 0 atom stereocenters. The minimum absolute atomic E-state index is 0.0288. The molecule has 1 aromatic rings. The summed E-state index contributed by atoms with van der Waals surface area (Å²) in [6.45, 7) is 0.453. The van der Waals surface area contributed by atoms with Crippen LogP contribution < -0.4 is 5.32 Å². The summed E-state index contributed by atoms with van der Waals surface area (Å²) in [5, 5.41) is 12.1. The lowest BCUT2D eigenvalue weighted by molar-refractivity contribution is -0.137. The van der Waals surface area contributed by atoms with Crippen molar-refractivity contribution in [2.24, 2.45) is 5.92 Å². The van der Waals surface area contributed by atoms with Crippen LogP contribution in [0, 0.1) is 5.92 Å². The van der Waals surface area contributed by atoms with E-state index in [0.717, 1.165) is 37.8 Å². The highest BCUT2D eigenvalue weighted by Gasteiger charge is 2.31. The number of amides is 1. The zero-order valence-corrected chi connectivity index (χ0v) is 11.4. The quantitative estimate of drug-likeness (QED) is 0.901. The van der Waals surface area contributed by atoms with Gasteiger partial charge >= 0.3 is 6.18 Å². The van der Waals surface area contributed by atoms with E-state index in [-0.39, 0.29) is 11.8 Å². The molecule has 1 heterocycles. The number of aliphatic hydroxyl groups excluding tert-OH is 1. The zero-order chi connectivity index (χ0) is 15.5. The molecule has 1 aliphatic carbocycles. The van der Waals surface area contributed by atoms with Crippen molar-refractivity contribution in [1.29, 1.82) is 0 Å². The van der Waals surface area contributed by atoms with Gasteiger partial charge in [0, 0.05) is 12.7 Å². The highest BCUT2D eigenvalue weighted by Crippen LogP contribution is 2.28. The second-order valence-corrected chi connectivity index (χ2v) is 5.31. The Morgan fingerprint density at radius 3 is 2.48 bits per heavy atom.